The number of alkyl halides is 2. The zero-order valence-corrected chi connectivity index (χ0v) is 8.74. The fourth-order valence-corrected chi connectivity index (χ4v) is 1.46. The molecule has 0 aromatic carbocycles. The smallest absolute Gasteiger partial charge is 0.303 e. The van der Waals surface area contributed by atoms with Crippen molar-refractivity contribution in [2.45, 2.75) is 13.0 Å². The lowest BCUT2D eigenvalue weighted by Gasteiger charge is -2.06. The maximum Gasteiger partial charge on any atom is 0.303 e. The van der Waals surface area contributed by atoms with Gasteiger partial charge >= 0.3 is 5.69 Å². The molecule has 0 atom stereocenters. The Balaban J connectivity index is 3.49. The van der Waals surface area contributed by atoms with Crippen molar-refractivity contribution in [3.8, 4) is 0 Å². The molecule has 15 heavy (non-hydrogen) atoms. The molecule has 0 bridgehead atoms. The van der Waals surface area contributed by atoms with Crippen molar-refractivity contribution in [2.75, 3.05) is 0 Å². The van der Waals surface area contributed by atoms with E-state index >= 15 is 0 Å². The molecule has 0 aliphatic carbocycles. The van der Waals surface area contributed by atoms with Crippen LogP contribution in [0.15, 0.2) is 10.7 Å². The average Bonchev–Trinajstić information content (AvgIpc) is 2.16. The molecule has 8 heteroatoms. The molecule has 0 saturated carbocycles. The number of aromatic nitrogens is 1. The largest absolute Gasteiger partial charge is 0.391 e. The molecule has 82 valence electrons. The number of hydrogen-bond acceptors (Lipinski definition) is 4. The summed E-state index contributed by atoms with van der Waals surface area (Å²) in [4.78, 5) is 12.8. The van der Waals surface area contributed by atoms with E-state index in [0.717, 1.165) is 6.20 Å². The molecule has 0 radical (unpaired) electrons. The van der Waals surface area contributed by atoms with Gasteiger partial charge in [-0.3, -0.25) is 10.1 Å². The molecule has 0 aliphatic rings. The van der Waals surface area contributed by atoms with Crippen molar-refractivity contribution in [3.05, 3.63) is 32.0 Å². The summed E-state index contributed by atoms with van der Waals surface area (Å²) in [5.74, 6) is 0. The van der Waals surface area contributed by atoms with Gasteiger partial charge in [0.2, 0.25) is 0 Å². The third kappa shape index (κ3) is 2.26. The summed E-state index contributed by atoms with van der Waals surface area (Å²) in [6.45, 7) is -0.709. The van der Waals surface area contributed by atoms with Gasteiger partial charge in [-0.25, -0.2) is 13.8 Å². The van der Waals surface area contributed by atoms with Gasteiger partial charge in [-0.15, -0.1) is 0 Å². The quantitative estimate of drug-likeness (QED) is 0.681. The SMILES string of the molecule is O=[N+]([O-])c1c(C(F)F)ncc(Br)c1CO. The highest BCUT2D eigenvalue weighted by Crippen LogP contribution is 2.33. The Bertz CT molecular complexity index is 400. The van der Waals surface area contributed by atoms with Crippen LogP contribution in [0.4, 0.5) is 14.5 Å². The molecular weight excluding hydrogens is 278 g/mol. The van der Waals surface area contributed by atoms with Crippen LogP contribution in [0.3, 0.4) is 0 Å². The zero-order chi connectivity index (χ0) is 11.6. The van der Waals surface area contributed by atoms with Gasteiger partial charge in [0.25, 0.3) is 6.43 Å². The molecule has 1 N–H and O–H groups in total. The van der Waals surface area contributed by atoms with Gasteiger partial charge in [-0.1, -0.05) is 0 Å². The molecule has 0 saturated heterocycles. The molecule has 0 aliphatic heterocycles. The molecule has 0 amide bonds. The van der Waals surface area contributed by atoms with Crippen LogP contribution in [0, 0.1) is 10.1 Å². The fraction of sp³-hybridized carbons (Fsp3) is 0.286. The minimum absolute atomic E-state index is 0.126. The van der Waals surface area contributed by atoms with Crippen LogP contribution < -0.4 is 0 Å². The average molecular weight is 283 g/mol. The first kappa shape index (κ1) is 11.9. The van der Waals surface area contributed by atoms with Crippen LogP contribution in [-0.4, -0.2) is 15.0 Å². The zero-order valence-electron chi connectivity index (χ0n) is 7.15. The summed E-state index contributed by atoms with van der Waals surface area (Å²) < 4.78 is 24.9. The first-order valence-electron chi connectivity index (χ1n) is 3.69. The van der Waals surface area contributed by atoms with E-state index in [-0.39, 0.29) is 10.0 Å². The second-order valence-electron chi connectivity index (χ2n) is 2.53. The highest BCUT2D eigenvalue weighted by Gasteiger charge is 2.28. The Labute approximate surface area is 91.0 Å². The van der Waals surface area contributed by atoms with Crippen molar-refractivity contribution >= 4 is 21.6 Å². The third-order valence-corrected chi connectivity index (χ3v) is 2.36. The van der Waals surface area contributed by atoms with Gasteiger partial charge < -0.3 is 5.11 Å². The van der Waals surface area contributed by atoms with Crippen molar-refractivity contribution in [1.29, 1.82) is 0 Å². The number of nitro groups is 1. The summed E-state index contributed by atoms with van der Waals surface area (Å²) >= 11 is 2.89. The van der Waals surface area contributed by atoms with E-state index in [0.29, 0.717) is 0 Å². The molecular formula is C7H5BrF2N2O3. The summed E-state index contributed by atoms with van der Waals surface area (Å²) in [6.07, 6.45) is -2.05. The predicted molar refractivity (Wildman–Crippen MR) is 49.5 cm³/mol. The Morgan fingerprint density at radius 1 is 1.67 bits per heavy atom. The molecule has 5 nitrogen and oxygen atoms in total. The highest BCUT2D eigenvalue weighted by atomic mass is 79.9. The number of aliphatic hydroxyl groups is 1. The van der Waals surface area contributed by atoms with Crippen molar-refractivity contribution in [3.63, 3.8) is 0 Å². The fourth-order valence-electron chi connectivity index (χ4n) is 1.05. The van der Waals surface area contributed by atoms with Gasteiger partial charge in [-0.05, 0) is 15.9 Å². The van der Waals surface area contributed by atoms with E-state index in [1.807, 2.05) is 0 Å². The molecule has 1 rings (SSSR count). The van der Waals surface area contributed by atoms with Crippen LogP contribution in [0.1, 0.15) is 17.7 Å². The number of aliphatic hydroxyl groups excluding tert-OH is 1. The van der Waals surface area contributed by atoms with E-state index in [9.17, 15) is 18.9 Å². The van der Waals surface area contributed by atoms with E-state index in [1.54, 1.807) is 0 Å². The summed E-state index contributed by atoms with van der Waals surface area (Å²) in [6, 6.07) is 0. The predicted octanol–water partition coefficient (Wildman–Crippen LogP) is 2.18. The van der Waals surface area contributed by atoms with Crippen LogP contribution in [0.25, 0.3) is 0 Å². The lowest BCUT2D eigenvalue weighted by Crippen LogP contribution is -2.04. The Morgan fingerprint density at radius 3 is 2.67 bits per heavy atom. The number of nitrogens with zero attached hydrogens (tertiary/aromatic N) is 2. The second kappa shape index (κ2) is 4.58. The van der Waals surface area contributed by atoms with Crippen LogP contribution >= 0.6 is 15.9 Å². The van der Waals surface area contributed by atoms with Gasteiger partial charge in [0, 0.05) is 10.7 Å². The summed E-state index contributed by atoms with van der Waals surface area (Å²) in [7, 11) is 0. The minimum Gasteiger partial charge on any atom is -0.391 e. The van der Waals surface area contributed by atoms with Crippen molar-refractivity contribution < 1.29 is 18.8 Å². The molecule has 0 unspecified atom stereocenters. The van der Waals surface area contributed by atoms with E-state index in [1.165, 1.54) is 0 Å². The Hall–Kier alpha value is -1.15. The molecule has 0 fully saturated rings. The van der Waals surface area contributed by atoms with Gasteiger partial charge in [0.15, 0.2) is 5.69 Å². The van der Waals surface area contributed by atoms with E-state index in [4.69, 9.17) is 5.11 Å². The minimum atomic E-state index is -3.05. The molecule has 1 heterocycles. The van der Waals surface area contributed by atoms with Crippen molar-refractivity contribution in [2.24, 2.45) is 0 Å². The number of rotatable bonds is 3. The Kier molecular flexibility index (Phi) is 3.64. The normalized spacial score (nSPS) is 10.7. The Morgan fingerprint density at radius 2 is 2.27 bits per heavy atom. The second-order valence-corrected chi connectivity index (χ2v) is 3.39. The van der Waals surface area contributed by atoms with Gasteiger partial charge in [-0.2, -0.15) is 0 Å². The van der Waals surface area contributed by atoms with Crippen molar-refractivity contribution in [1.82, 2.24) is 4.98 Å². The summed E-state index contributed by atoms with van der Waals surface area (Å²) in [5, 5.41) is 19.4. The van der Waals surface area contributed by atoms with Gasteiger partial charge in [0.1, 0.15) is 0 Å². The first-order valence-corrected chi connectivity index (χ1v) is 4.49. The molecule has 1 aromatic heterocycles. The van der Waals surface area contributed by atoms with Gasteiger partial charge in [0.05, 0.1) is 17.1 Å². The standard InChI is InChI=1S/C7H5BrF2N2O3/c8-4-1-11-5(7(9)10)6(12(14)15)3(4)2-13/h1,7,13H,2H2. The maximum absolute atomic E-state index is 12.4. The topological polar surface area (TPSA) is 76.3 Å². The van der Waals surface area contributed by atoms with Crippen LogP contribution in [0.5, 0.6) is 0 Å². The number of hydrogen-bond donors (Lipinski definition) is 1. The number of halogens is 3. The molecule has 1 aromatic rings. The first-order chi connectivity index (χ1) is 6.99. The van der Waals surface area contributed by atoms with Crippen LogP contribution in [0.2, 0.25) is 0 Å². The highest BCUT2D eigenvalue weighted by molar-refractivity contribution is 9.10. The monoisotopic (exact) mass is 282 g/mol. The van der Waals surface area contributed by atoms with E-state index in [2.05, 4.69) is 20.9 Å². The van der Waals surface area contributed by atoms with Crippen LogP contribution in [-0.2, 0) is 6.61 Å². The number of pyridine rings is 1. The molecule has 0 spiro atoms. The third-order valence-electron chi connectivity index (χ3n) is 1.68. The maximum atomic E-state index is 12.4. The lowest BCUT2D eigenvalue weighted by atomic mass is 10.2. The van der Waals surface area contributed by atoms with E-state index < -0.39 is 29.3 Å². The summed E-state index contributed by atoms with van der Waals surface area (Å²) in [5.41, 5.74) is -1.99. The lowest BCUT2D eigenvalue weighted by molar-refractivity contribution is -0.387.